The summed E-state index contributed by atoms with van der Waals surface area (Å²) in [5.41, 5.74) is 6.39. The minimum atomic E-state index is -0.222. The van der Waals surface area contributed by atoms with E-state index in [-0.39, 0.29) is 5.97 Å². The molecule has 3 aromatic rings. The number of aryl methyl sites for hydroxylation is 1. The Morgan fingerprint density at radius 1 is 1.28 bits per heavy atom. The summed E-state index contributed by atoms with van der Waals surface area (Å²) in [7, 11) is 0. The number of benzene rings is 1. The molecule has 146 valence electrons. The molecular formula is C22H20N4O2S. The van der Waals surface area contributed by atoms with Gasteiger partial charge >= 0.3 is 5.97 Å². The van der Waals surface area contributed by atoms with Crippen LogP contribution in [0.3, 0.4) is 0 Å². The fraction of sp³-hybridized carbons (Fsp3) is 0.273. The number of nitrogens with zero attached hydrogens (tertiary/aromatic N) is 3. The number of esters is 1. The molecule has 6 nitrogen and oxygen atoms in total. The molecule has 1 aliphatic rings. The summed E-state index contributed by atoms with van der Waals surface area (Å²) < 4.78 is 5.12. The van der Waals surface area contributed by atoms with Crippen LogP contribution in [-0.4, -0.2) is 22.5 Å². The first-order chi connectivity index (χ1) is 14.1. The average Bonchev–Trinajstić information content (AvgIpc) is 3.34. The summed E-state index contributed by atoms with van der Waals surface area (Å²) in [6.07, 6.45) is 4.35. The molecule has 7 heteroatoms. The van der Waals surface area contributed by atoms with Gasteiger partial charge in [-0.2, -0.15) is 5.26 Å². The fourth-order valence-electron chi connectivity index (χ4n) is 3.40. The van der Waals surface area contributed by atoms with Gasteiger partial charge < -0.3 is 10.1 Å². The lowest BCUT2D eigenvalue weighted by Gasteiger charge is -2.09. The van der Waals surface area contributed by atoms with Crippen molar-refractivity contribution in [3.63, 3.8) is 0 Å². The van der Waals surface area contributed by atoms with Crippen molar-refractivity contribution in [2.24, 2.45) is 0 Å². The van der Waals surface area contributed by atoms with Crippen LogP contribution in [0.4, 0.5) is 0 Å². The zero-order valence-corrected chi connectivity index (χ0v) is 17.1. The van der Waals surface area contributed by atoms with Gasteiger partial charge in [-0.15, -0.1) is 11.3 Å². The maximum atomic E-state index is 11.6. The molecule has 0 amide bonds. The Bertz CT molecular complexity index is 1130. The van der Waals surface area contributed by atoms with Crippen LogP contribution in [0, 0.1) is 25.2 Å². The van der Waals surface area contributed by atoms with Gasteiger partial charge in [0.15, 0.2) is 0 Å². The van der Waals surface area contributed by atoms with Gasteiger partial charge in [0.1, 0.15) is 17.7 Å². The van der Waals surface area contributed by atoms with Gasteiger partial charge in [0.2, 0.25) is 0 Å². The fourth-order valence-corrected chi connectivity index (χ4v) is 4.25. The highest BCUT2D eigenvalue weighted by Gasteiger charge is 2.23. The molecule has 0 bridgehead atoms. The standard InChI is InChI=1S/C22H20N4O2S/c1-13-7-20(25-9-16(13)8-23)21-26-11-17(29-21)10-24-6-5-15-3-4-18-19(14(15)2)12-28-22(18)27/h3-4,7,9,11,24H,5-6,10,12H2,1-2H3. The second-order valence-electron chi connectivity index (χ2n) is 7.01. The van der Waals surface area contributed by atoms with E-state index in [0.717, 1.165) is 51.8 Å². The van der Waals surface area contributed by atoms with Crippen LogP contribution >= 0.6 is 11.3 Å². The normalized spacial score (nSPS) is 12.5. The molecule has 0 saturated heterocycles. The zero-order valence-electron chi connectivity index (χ0n) is 16.3. The molecule has 1 N–H and O–H groups in total. The molecule has 0 unspecified atom stereocenters. The van der Waals surface area contributed by atoms with Crippen molar-refractivity contribution >= 4 is 17.3 Å². The van der Waals surface area contributed by atoms with Crippen molar-refractivity contribution < 1.29 is 9.53 Å². The lowest BCUT2D eigenvalue weighted by Crippen LogP contribution is -2.16. The Kier molecular flexibility index (Phi) is 5.38. The van der Waals surface area contributed by atoms with E-state index in [1.54, 1.807) is 17.5 Å². The number of hydrogen-bond donors (Lipinski definition) is 1. The van der Waals surface area contributed by atoms with E-state index < -0.39 is 0 Å². The molecular weight excluding hydrogens is 384 g/mol. The lowest BCUT2D eigenvalue weighted by molar-refractivity contribution is 0.0535. The van der Waals surface area contributed by atoms with Crippen LogP contribution in [0.15, 0.2) is 30.6 Å². The van der Waals surface area contributed by atoms with E-state index in [2.05, 4.69) is 28.3 Å². The molecule has 1 aromatic carbocycles. The van der Waals surface area contributed by atoms with Gasteiger partial charge in [0, 0.05) is 29.4 Å². The Morgan fingerprint density at radius 2 is 2.14 bits per heavy atom. The van der Waals surface area contributed by atoms with E-state index in [9.17, 15) is 4.79 Å². The number of thiazole rings is 1. The van der Waals surface area contributed by atoms with E-state index in [1.807, 2.05) is 31.3 Å². The minimum absolute atomic E-state index is 0.222. The monoisotopic (exact) mass is 404 g/mol. The third-order valence-corrected chi connectivity index (χ3v) is 6.17. The molecule has 0 saturated carbocycles. The maximum Gasteiger partial charge on any atom is 0.338 e. The van der Waals surface area contributed by atoms with Crippen molar-refractivity contribution in [1.29, 1.82) is 5.26 Å². The van der Waals surface area contributed by atoms with Crippen LogP contribution in [0.2, 0.25) is 0 Å². The first-order valence-electron chi connectivity index (χ1n) is 9.38. The molecule has 1 aliphatic heterocycles. The Balaban J connectivity index is 1.34. The summed E-state index contributed by atoms with van der Waals surface area (Å²) in [5, 5.41) is 13.3. The van der Waals surface area contributed by atoms with Crippen molar-refractivity contribution in [2.45, 2.75) is 33.4 Å². The summed E-state index contributed by atoms with van der Waals surface area (Å²) >= 11 is 1.60. The third kappa shape index (κ3) is 3.90. The van der Waals surface area contributed by atoms with Crippen molar-refractivity contribution in [1.82, 2.24) is 15.3 Å². The molecule has 0 atom stereocenters. The summed E-state index contributed by atoms with van der Waals surface area (Å²) in [5.74, 6) is -0.222. The number of fused-ring (bicyclic) bond motifs is 1. The van der Waals surface area contributed by atoms with Gasteiger partial charge in [-0.25, -0.2) is 9.78 Å². The van der Waals surface area contributed by atoms with Crippen LogP contribution in [0.1, 0.15) is 43.1 Å². The number of cyclic esters (lactones) is 1. The molecule has 0 radical (unpaired) electrons. The van der Waals surface area contributed by atoms with Crippen LogP contribution in [0.5, 0.6) is 0 Å². The van der Waals surface area contributed by atoms with Gasteiger partial charge in [0.25, 0.3) is 0 Å². The second kappa shape index (κ2) is 8.11. The van der Waals surface area contributed by atoms with Gasteiger partial charge in [-0.05, 0) is 55.6 Å². The molecule has 0 fully saturated rings. The quantitative estimate of drug-likeness (QED) is 0.498. The number of nitrogens with one attached hydrogen (secondary N) is 1. The summed E-state index contributed by atoms with van der Waals surface area (Å²) in [4.78, 5) is 21.6. The predicted octanol–water partition coefficient (Wildman–Crippen LogP) is 3.70. The number of carbonyl (C=O) groups excluding carboxylic acids is 1. The Labute approximate surface area is 173 Å². The molecule has 4 rings (SSSR count). The maximum absolute atomic E-state index is 11.6. The molecule has 2 aromatic heterocycles. The van der Waals surface area contributed by atoms with E-state index in [1.165, 1.54) is 5.56 Å². The number of aromatic nitrogens is 2. The highest BCUT2D eigenvalue weighted by atomic mass is 32.1. The Hall–Kier alpha value is -3.08. The average molecular weight is 404 g/mol. The summed E-state index contributed by atoms with van der Waals surface area (Å²) in [6, 6.07) is 7.93. The van der Waals surface area contributed by atoms with Gasteiger partial charge in [0.05, 0.1) is 16.8 Å². The van der Waals surface area contributed by atoms with Crippen LogP contribution < -0.4 is 5.32 Å². The molecule has 29 heavy (non-hydrogen) atoms. The highest BCUT2D eigenvalue weighted by Crippen LogP contribution is 2.27. The number of nitriles is 1. The predicted molar refractivity (Wildman–Crippen MR) is 111 cm³/mol. The first-order valence-corrected chi connectivity index (χ1v) is 10.2. The van der Waals surface area contributed by atoms with Gasteiger partial charge in [-0.3, -0.25) is 4.98 Å². The topological polar surface area (TPSA) is 87.9 Å². The number of carbonyl (C=O) groups is 1. The SMILES string of the molecule is Cc1cc(-c2ncc(CNCCc3ccc4c(c3C)COC4=O)s2)ncc1C#N. The van der Waals surface area contributed by atoms with Crippen molar-refractivity contribution in [3.05, 3.63) is 68.9 Å². The lowest BCUT2D eigenvalue weighted by atomic mass is 9.97. The number of ether oxygens (including phenoxy) is 1. The smallest absolute Gasteiger partial charge is 0.338 e. The van der Waals surface area contributed by atoms with E-state index in [0.29, 0.717) is 17.7 Å². The molecule has 3 heterocycles. The van der Waals surface area contributed by atoms with Crippen molar-refractivity contribution in [2.75, 3.05) is 6.54 Å². The highest BCUT2D eigenvalue weighted by molar-refractivity contribution is 7.14. The summed E-state index contributed by atoms with van der Waals surface area (Å²) in [6.45, 7) is 5.91. The van der Waals surface area contributed by atoms with Crippen LogP contribution in [-0.2, 0) is 24.3 Å². The Morgan fingerprint density at radius 3 is 2.93 bits per heavy atom. The third-order valence-electron chi connectivity index (χ3n) is 5.15. The van der Waals surface area contributed by atoms with Crippen molar-refractivity contribution in [3.8, 4) is 16.8 Å². The van der Waals surface area contributed by atoms with Gasteiger partial charge in [-0.1, -0.05) is 6.07 Å². The number of rotatable bonds is 6. The number of hydrogen-bond acceptors (Lipinski definition) is 7. The first kappa shape index (κ1) is 19.2. The van der Waals surface area contributed by atoms with E-state index in [4.69, 9.17) is 10.00 Å². The zero-order chi connectivity index (χ0) is 20.4. The number of pyridine rings is 1. The largest absolute Gasteiger partial charge is 0.457 e. The molecule has 0 aliphatic carbocycles. The minimum Gasteiger partial charge on any atom is -0.457 e. The second-order valence-corrected chi connectivity index (χ2v) is 8.12. The molecule has 0 spiro atoms. The van der Waals surface area contributed by atoms with E-state index >= 15 is 0 Å². The van der Waals surface area contributed by atoms with Crippen LogP contribution in [0.25, 0.3) is 10.7 Å².